The molecule has 24 heavy (non-hydrogen) atoms. The number of rotatable bonds is 5. The predicted molar refractivity (Wildman–Crippen MR) is 92.7 cm³/mol. The Labute approximate surface area is 140 Å². The monoisotopic (exact) mass is 319 g/mol. The van der Waals surface area contributed by atoms with Crippen LogP contribution in [-0.4, -0.2) is 20.9 Å². The summed E-state index contributed by atoms with van der Waals surface area (Å²) in [7, 11) is 0. The van der Waals surface area contributed by atoms with Crippen molar-refractivity contribution in [1.29, 1.82) is 0 Å². The third-order valence-corrected chi connectivity index (χ3v) is 3.39. The minimum Gasteiger partial charge on any atom is -0.350 e. The van der Waals surface area contributed by atoms with Crippen LogP contribution < -0.4 is 10.6 Å². The summed E-state index contributed by atoms with van der Waals surface area (Å²) in [5.41, 5.74) is 3.32. The lowest BCUT2D eigenvalue weighted by molar-refractivity contribution is 0.102. The van der Waals surface area contributed by atoms with Crippen LogP contribution in [0.3, 0.4) is 0 Å². The van der Waals surface area contributed by atoms with Gasteiger partial charge in [-0.1, -0.05) is 12.1 Å². The Hall–Kier alpha value is -3.28. The van der Waals surface area contributed by atoms with Crippen LogP contribution in [-0.2, 0) is 6.54 Å². The van der Waals surface area contributed by atoms with Crippen LogP contribution >= 0.6 is 0 Å². The minimum absolute atomic E-state index is 0.235. The van der Waals surface area contributed by atoms with E-state index in [-0.39, 0.29) is 5.91 Å². The van der Waals surface area contributed by atoms with Crippen molar-refractivity contribution in [3.8, 4) is 0 Å². The number of pyridine rings is 1. The molecule has 6 heteroatoms. The van der Waals surface area contributed by atoms with Crippen LogP contribution in [0.1, 0.15) is 21.5 Å². The summed E-state index contributed by atoms with van der Waals surface area (Å²) < 4.78 is 0. The summed E-state index contributed by atoms with van der Waals surface area (Å²) in [6.07, 6.45) is 6.48. The molecule has 0 fully saturated rings. The number of aryl methyl sites for hydroxylation is 1. The fourth-order valence-electron chi connectivity index (χ4n) is 2.14. The number of nitrogens with one attached hydrogen (secondary N) is 2. The Kier molecular flexibility index (Phi) is 4.76. The fourth-order valence-corrected chi connectivity index (χ4v) is 2.14. The van der Waals surface area contributed by atoms with Crippen LogP contribution in [0.2, 0.25) is 0 Å². The molecule has 2 aromatic heterocycles. The number of carbonyl (C=O) groups excluding carboxylic acids is 1. The highest BCUT2D eigenvalue weighted by Crippen LogP contribution is 2.11. The molecular weight excluding hydrogens is 302 g/mol. The van der Waals surface area contributed by atoms with Crippen molar-refractivity contribution in [2.75, 3.05) is 10.6 Å². The van der Waals surface area contributed by atoms with Gasteiger partial charge < -0.3 is 10.6 Å². The average Bonchev–Trinajstić information content (AvgIpc) is 2.61. The molecule has 0 saturated heterocycles. The van der Waals surface area contributed by atoms with Crippen molar-refractivity contribution in [3.63, 3.8) is 0 Å². The predicted octanol–water partition coefficient (Wildman–Crippen LogP) is 3.04. The molecule has 0 aliphatic heterocycles. The fraction of sp³-hybridized carbons (Fsp3) is 0.111. The van der Waals surface area contributed by atoms with E-state index in [1.165, 1.54) is 12.4 Å². The lowest BCUT2D eigenvalue weighted by Crippen LogP contribution is -2.13. The minimum atomic E-state index is -0.235. The zero-order chi connectivity index (χ0) is 16.8. The molecular formula is C18H17N5O. The number of aromatic nitrogens is 3. The maximum absolute atomic E-state index is 12.2. The van der Waals surface area contributed by atoms with Gasteiger partial charge in [0.05, 0.1) is 5.56 Å². The van der Waals surface area contributed by atoms with Gasteiger partial charge in [-0.25, -0.2) is 9.97 Å². The van der Waals surface area contributed by atoms with E-state index in [0.29, 0.717) is 18.1 Å². The van der Waals surface area contributed by atoms with Crippen molar-refractivity contribution in [2.24, 2.45) is 0 Å². The Morgan fingerprint density at radius 2 is 1.83 bits per heavy atom. The van der Waals surface area contributed by atoms with E-state index in [0.717, 1.165) is 16.8 Å². The highest BCUT2D eigenvalue weighted by Gasteiger charge is 2.08. The summed E-state index contributed by atoms with van der Waals surface area (Å²) >= 11 is 0. The third-order valence-electron chi connectivity index (χ3n) is 3.39. The molecule has 1 aromatic carbocycles. The van der Waals surface area contributed by atoms with Crippen LogP contribution in [0.4, 0.5) is 11.6 Å². The lowest BCUT2D eigenvalue weighted by Gasteiger charge is -2.07. The van der Waals surface area contributed by atoms with Crippen molar-refractivity contribution < 1.29 is 4.79 Å². The zero-order valence-electron chi connectivity index (χ0n) is 13.2. The summed E-state index contributed by atoms with van der Waals surface area (Å²) in [6.45, 7) is 2.57. The quantitative estimate of drug-likeness (QED) is 0.755. The van der Waals surface area contributed by atoms with E-state index in [4.69, 9.17) is 0 Å². The molecule has 0 bridgehead atoms. The number of carbonyl (C=O) groups is 1. The van der Waals surface area contributed by atoms with Gasteiger partial charge >= 0.3 is 0 Å². The Morgan fingerprint density at radius 1 is 1.08 bits per heavy atom. The standard InChI is InChI=1S/C18H17N5O/c1-13-3-2-4-16(9-13)23-17(24)15-11-21-18(22-12-15)20-10-14-5-7-19-8-6-14/h2-9,11-12H,10H2,1H3,(H,23,24)(H,20,21,22). The van der Waals surface area contributed by atoms with E-state index < -0.39 is 0 Å². The molecule has 2 heterocycles. The van der Waals surface area contributed by atoms with Gasteiger partial charge in [0.2, 0.25) is 5.95 Å². The van der Waals surface area contributed by atoms with Gasteiger partial charge in [-0.2, -0.15) is 0 Å². The molecule has 0 saturated carbocycles. The molecule has 0 unspecified atom stereocenters. The molecule has 3 aromatic rings. The molecule has 0 spiro atoms. The molecule has 0 atom stereocenters. The van der Waals surface area contributed by atoms with Gasteiger partial charge in [-0.05, 0) is 42.3 Å². The highest BCUT2D eigenvalue weighted by molar-refractivity contribution is 6.03. The number of amides is 1. The van der Waals surface area contributed by atoms with Gasteiger partial charge in [-0.15, -0.1) is 0 Å². The van der Waals surface area contributed by atoms with Crippen molar-refractivity contribution in [2.45, 2.75) is 13.5 Å². The molecule has 0 aliphatic rings. The smallest absolute Gasteiger partial charge is 0.258 e. The van der Waals surface area contributed by atoms with Gasteiger partial charge in [0.25, 0.3) is 5.91 Å². The van der Waals surface area contributed by atoms with E-state index >= 15 is 0 Å². The topological polar surface area (TPSA) is 79.8 Å². The number of hydrogen-bond donors (Lipinski definition) is 2. The van der Waals surface area contributed by atoms with Crippen molar-refractivity contribution in [1.82, 2.24) is 15.0 Å². The number of benzene rings is 1. The van der Waals surface area contributed by atoms with Crippen molar-refractivity contribution >= 4 is 17.5 Å². The maximum Gasteiger partial charge on any atom is 0.258 e. The summed E-state index contributed by atoms with van der Waals surface area (Å²) in [6, 6.07) is 11.4. The Morgan fingerprint density at radius 3 is 2.54 bits per heavy atom. The van der Waals surface area contributed by atoms with Gasteiger partial charge in [0.15, 0.2) is 0 Å². The first-order valence-corrected chi connectivity index (χ1v) is 7.53. The second-order valence-electron chi connectivity index (χ2n) is 5.33. The van der Waals surface area contributed by atoms with Crippen LogP contribution in [0, 0.1) is 6.92 Å². The van der Waals surface area contributed by atoms with E-state index in [1.807, 2.05) is 43.3 Å². The summed E-state index contributed by atoms with van der Waals surface area (Å²) in [5.74, 6) is 0.236. The first kappa shape index (κ1) is 15.6. The summed E-state index contributed by atoms with van der Waals surface area (Å²) in [5, 5.41) is 5.93. The van der Waals surface area contributed by atoms with Crippen LogP contribution in [0.15, 0.2) is 61.2 Å². The van der Waals surface area contributed by atoms with Gasteiger partial charge in [0.1, 0.15) is 0 Å². The second kappa shape index (κ2) is 7.32. The number of nitrogens with zero attached hydrogens (tertiary/aromatic N) is 3. The molecule has 3 rings (SSSR count). The summed E-state index contributed by atoms with van der Waals surface area (Å²) in [4.78, 5) is 24.5. The SMILES string of the molecule is Cc1cccc(NC(=O)c2cnc(NCc3ccncc3)nc2)c1. The van der Waals surface area contributed by atoms with E-state index in [9.17, 15) is 4.79 Å². The van der Waals surface area contributed by atoms with Gasteiger partial charge in [-0.3, -0.25) is 9.78 Å². The molecule has 2 N–H and O–H groups in total. The highest BCUT2D eigenvalue weighted by atomic mass is 16.1. The third kappa shape index (κ3) is 4.13. The number of anilines is 2. The largest absolute Gasteiger partial charge is 0.350 e. The first-order valence-electron chi connectivity index (χ1n) is 7.53. The average molecular weight is 319 g/mol. The second-order valence-corrected chi connectivity index (χ2v) is 5.33. The molecule has 0 radical (unpaired) electrons. The zero-order valence-corrected chi connectivity index (χ0v) is 13.2. The van der Waals surface area contributed by atoms with Crippen LogP contribution in [0.5, 0.6) is 0 Å². The van der Waals surface area contributed by atoms with Crippen molar-refractivity contribution in [3.05, 3.63) is 77.9 Å². The first-order chi connectivity index (χ1) is 11.7. The normalized spacial score (nSPS) is 10.2. The Bertz CT molecular complexity index is 818. The lowest BCUT2D eigenvalue weighted by atomic mass is 10.2. The molecule has 6 nitrogen and oxygen atoms in total. The number of hydrogen-bond acceptors (Lipinski definition) is 5. The molecule has 0 aliphatic carbocycles. The van der Waals surface area contributed by atoms with Crippen LogP contribution in [0.25, 0.3) is 0 Å². The van der Waals surface area contributed by atoms with E-state index in [2.05, 4.69) is 25.6 Å². The Balaban J connectivity index is 1.60. The molecule has 120 valence electrons. The molecule has 1 amide bonds. The maximum atomic E-state index is 12.2. The van der Waals surface area contributed by atoms with Gasteiger partial charge in [0, 0.05) is 37.0 Å². The van der Waals surface area contributed by atoms with E-state index in [1.54, 1.807) is 12.4 Å².